The van der Waals surface area contributed by atoms with Crippen LogP contribution in [0.2, 0.25) is 0 Å². The van der Waals surface area contributed by atoms with E-state index in [0.717, 1.165) is 27.9 Å². The van der Waals surface area contributed by atoms with Crippen LogP contribution in [-0.2, 0) is 29.2 Å². The van der Waals surface area contributed by atoms with Gasteiger partial charge in [-0.25, -0.2) is 9.59 Å². The Morgan fingerprint density at radius 3 is 2.34 bits per heavy atom. The van der Waals surface area contributed by atoms with Crippen molar-refractivity contribution in [3.63, 3.8) is 0 Å². The van der Waals surface area contributed by atoms with Gasteiger partial charge >= 0.3 is 12.2 Å². The van der Waals surface area contributed by atoms with E-state index in [4.69, 9.17) is 14.5 Å². The largest absolute Gasteiger partial charge is 0.445 e. The van der Waals surface area contributed by atoms with Crippen molar-refractivity contribution in [3.05, 3.63) is 101 Å². The summed E-state index contributed by atoms with van der Waals surface area (Å²) in [7, 11) is 0. The van der Waals surface area contributed by atoms with Gasteiger partial charge in [-0.1, -0.05) is 60.7 Å². The molecule has 0 saturated carbocycles. The molecule has 0 fully saturated rings. The predicted octanol–water partition coefficient (Wildman–Crippen LogP) is 5.39. The van der Waals surface area contributed by atoms with E-state index in [1.54, 1.807) is 4.90 Å². The summed E-state index contributed by atoms with van der Waals surface area (Å²) in [5.41, 5.74) is 4.27. The first kappa shape index (κ1) is 24.3. The SMILES string of the molecule is CC(C)(C)OC(=O)N1Cc2cnc(C(CNC(=O)OCc3ccccc3)c3ccccc3)cc2C1. The van der Waals surface area contributed by atoms with Crippen LogP contribution in [0.15, 0.2) is 72.9 Å². The molecule has 1 aliphatic heterocycles. The van der Waals surface area contributed by atoms with E-state index in [-0.39, 0.29) is 18.6 Å². The number of ether oxygens (including phenoxy) is 2. The quantitative estimate of drug-likeness (QED) is 0.519. The third-order valence-corrected chi connectivity index (χ3v) is 5.70. The van der Waals surface area contributed by atoms with Crippen molar-refractivity contribution in [1.82, 2.24) is 15.2 Å². The second kappa shape index (κ2) is 10.6. The van der Waals surface area contributed by atoms with Crippen LogP contribution < -0.4 is 5.32 Å². The van der Waals surface area contributed by atoms with Gasteiger partial charge in [0.25, 0.3) is 0 Å². The molecule has 2 aromatic carbocycles. The molecule has 1 N–H and O–H groups in total. The van der Waals surface area contributed by atoms with Crippen molar-refractivity contribution in [2.24, 2.45) is 0 Å². The molecule has 2 amide bonds. The third kappa shape index (κ3) is 6.59. The predicted molar refractivity (Wildman–Crippen MR) is 133 cm³/mol. The molecular formula is C28H31N3O4. The van der Waals surface area contributed by atoms with E-state index >= 15 is 0 Å². The fourth-order valence-corrected chi connectivity index (χ4v) is 3.98. The average molecular weight is 474 g/mol. The smallest absolute Gasteiger partial charge is 0.410 e. The molecule has 2 heterocycles. The number of rotatable bonds is 6. The normalized spacial score (nSPS) is 13.6. The molecule has 7 nitrogen and oxygen atoms in total. The van der Waals surface area contributed by atoms with Crippen LogP contribution in [0.3, 0.4) is 0 Å². The van der Waals surface area contributed by atoms with Crippen molar-refractivity contribution in [3.8, 4) is 0 Å². The van der Waals surface area contributed by atoms with Crippen molar-refractivity contribution >= 4 is 12.2 Å². The Morgan fingerprint density at radius 2 is 1.66 bits per heavy atom. The molecule has 1 atom stereocenters. The summed E-state index contributed by atoms with van der Waals surface area (Å²) in [5.74, 6) is -0.165. The number of hydrogen-bond acceptors (Lipinski definition) is 5. The van der Waals surface area contributed by atoms with Crippen LogP contribution in [-0.4, -0.2) is 34.2 Å². The van der Waals surface area contributed by atoms with E-state index in [2.05, 4.69) is 5.32 Å². The molecule has 0 spiro atoms. The topological polar surface area (TPSA) is 80.8 Å². The fourth-order valence-electron chi connectivity index (χ4n) is 3.98. The lowest BCUT2D eigenvalue weighted by Gasteiger charge is -2.24. The number of pyridine rings is 1. The fraction of sp³-hybridized carbons (Fsp3) is 0.321. The average Bonchev–Trinajstić information content (AvgIpc) is 3.27. The van der Waals surface area contributed by atoms with Crippen LogP contribution >= 0.6 is 0 Å². The first-order valence-corrected chi connectivity index (χ1v) is 11.7. The molecule has 35 heavy (non-hydrogen) atoms. The maximum Gasteiger partial charge on any atom is 0.410 e. The van der Waals surface area contributed by atoms with E-state index in [9.17, 15) is 9.59 Å². The van der Waals surface area contributed by atoms with Gasteiger partial charge in [-0.15, -0.1) is 0 Å². The van der Waals surface area contributed by atoms with Crippen molar-refractivity contribution in [2.45, 2.75) is 52.0 Å². The molecule has 0 radical (unpaired) electrons. The van der Waals surface area contributed by atoms with Crippen LogP contribution in [0.5, 0.6) is 0 Å². The van der Waals surface area contributed by atoms with Gasteiger partial charge in [-0.05, 0) is 49.1 Å². The van der Waals surface area contributed by atoms with Crippen molar-refractivity contribution in [1.29, 1.82) is 0 Å². The Labute approximate surface area is 206 Å². The number of aromatic nitrogens is 1. The number of alkyl carbamates (subject to hydrolysis) is 1. The van der Waals surface area contributed by atoms with Crippen molar-refractivity contribution < 1.29 is 19.1 Å². The molecular weight excluding hydrogens is 442 g/mol. The summed E-state index contributed by atoms with van der Waals surface area (Å²) in [4.78, 5) is 31.3. The standard InChI is InChI=1S/C28H31N3O4/c1-28(2,3)35-27(33)31-17-22-14-25(29-15-23(22)18-31)24(21-12-8-5-9-13-21)16-30-26(32)34-19-20-10-6-4-7-11-20/h4-15,24H,16-19H2,1-3H3,(H,30,32). The Kier molecular flexibility index (Phi) is 7.34. The number of benzene rings is 2. The zero-order valence-electron chi connectivity index (χ0n) is 20.4. The molecule has 0 aliphatic carbocycles. The Hall–Kier alpha value is -3.87. The van der Waals surface area contributed by atoms with Crippen LogP contribution in [0.4, 0.5) is 9.59 Å². The highest BCUT2D eigenvalue weighted by Gasteiger charge is 2.29. The summed E-state index contributed by atoms with van der Waals surface area (Å²) in [6, 6.07) is 21.5. The minimum Gasteiger partial charge on any atom is -0.445 e. The lowest BCUT2D eigenvalue weighted by Crippen LogP contribution is -2.33. The van der Waals surface area contributed by atoms with Gasteiger partial charge in [0.15, 0.2) is 0 Å². The Morgan fingerprint density at radius 1 is 1.00 bits per heavy atom. The summed E-state index contributed by atoms with van der Waals surface area (Å²) >= 11 is 0. The van der Waals surface area contributed by atoms with Gasteiger partial charge in [0.05, 0.1) is 6.54 Å². The van der Waals surface area contributed by atoms with Gasteiger partial charge < -0.3 is 14.8 Å². The number of nitrogens with one attached hydrogen (secondary N) is 1. The lowest BCUT2D eigenvalue weighted by atomic mass is 9.94. The van der Waals surface area contributed by atoms with Gasteiger partial charge in [0.1, 0.15) is 12.2 Å². The molecule has 0 saturated heterocycles. The molecule has 1 aromatic heterocycles. The van der Waals surface area contributed by atoms with Crippen molar-refractivity contribution in [2.75, 3.05) is 6.54 Å². The molecule has 0 bridgehead atoms. The summed E-state index contributed by atoms with van der Waals surface area (Å²) in [6.45, 7) is 7.05. The Balaban J connectivity index is 1.45. The number of carbonyl (C=O) groups is 2. The molecule has 4 rings (SSSR count). The molecule has 1 aliphatic rings. The number of amides is 2. The van der Waals surface area contributed by atoms with Crippen LogP contribution in [0.25, 0.3) is 0 Å². The second-order valence-electron chi connectivity index (χ2n) is 9.62. The summed E-state index contributed by atoms with van der Waals surface area (Å²) < 4.78 is 10.9. The van der Waals surface area contributed by atoms with Gasteiger partial charge in [-0.2, -0.15) is 0 Å². The monoisotopic (exact) mass is 473 g/mol. The summed E-state index contributed by atoms with van der Waals surface area (Å²) in [6.07, 6.45) is 1.00. The lowest BCUT2D eigenvalue weighted by molar-refractivity contribution is 0.0241. The number of carbonyl (C=O) groups excluding carboxylic acids is 2. The zero-order valence-corrected chi connectivity index (χ0v) is 20.4. The van der Waals surface area contributed by atoms with Gasteiger partial charge in [0.2, 0.25) is 0 Å². The number of fused-ring (bicyclic) bond motifs is 1. The minimum atomic E-state index is -0.547. The van der Waals surface area contributed by atoms with E-state index < -0.39 is 11.7 Å². The number of hydrogen-bond donors (Lipinski definition) is 1. The Bertz CT molecular complexity index is 1160. The molecule has 1 unspecified atom stereocenters. The second-order valence-corrected chi connectivity index (χ2v) is 9.62. The van der Waals surface area contributed by atoms with Gasteiger partial charge in [-0.3, -0.25) is 9.88 Å². The summed E-state index contributed by atoms with van der Waals surface area (Å²) in [5, 5.41) is 2.88. The van der Waals surface area contributed by atoms with E-state index in [0.29, 0.717) is 19.6 Å². The highest BCUT2D eigenvalue weighted by Crippen LogP contribution is 2.29. The van der Waals surface area contributed by atoms with E-state index in [1.807, 2.05) is 93.7 Å². The minimum absolute atomic E-state index is 0.165. The highest BCUT2D eigenvalue weighted by atomic mass is 16.6. The molecule has 3 aromatic rings. The van der Waals surface area contributed by atoms with Crippen LogP contribution in [0.1, 0.15) is 54.6 Å². The van der Waals surface area contributed by atoms with E-state index in [1.165, 1.54) is 0 Å². The first-order chi connectivity index (χ1) is 16.8. The third-order valence-electron chi connectivity index (χ3n) is 5.70. The highest BCUT2D eigenvalue weighted by molar-refractivity contribution is 5.69. The zero-order chi connectivity index (χ0) is 24.8. The first-order valence-electron chi connectivity index (χ1n) is 11.7. The van der Waals surface area contributed by atoms with Crippen LogP contribution in [0, 0.1) is 0 Å². The molecule has 7 heteroatoms. The molecule has 182 valence electrons. The number of nitrogens with zero attached hydrogens (tertiary/aromatic N) is 2. The maximum atomic E-state index is 12.5. The maximum absolute atomic E-state index is 12.5. The van der Waals surface area contributed by atoms with Gasteiger partial charge in [0, 0.05) is 30.9 Å².